The smallest absolute Gasteiger partial charge is 0.0604 e. The van der Waals surface area contributed by atoms with Crippen molar-refractivity contribution in [1.29, 1.82) is 0 Å². The predicted molar refractivity (Wildman–Crippen MR) is 41.4 cm³/mol. The Morgan fingerprint density at radius 3 is 3.20 bits per heavy atom. The van der Waals surface area contributed by atoms with Crippen LogP contribution in [0.4, 0.5) is 0 Å². The van der Waals surface area contributed by atoms with E-state index in [-0.39, 0.29) is 0 Å². The van der Waals surface area contributed by atoms with E-state index in [2.05, 4.69) is 11.7 Å². The fourth-order valence-corrected chi connectivity index (χ4v) is 1.49. The van der Waals surface area contributed by atoms with Crippen molar-refractivity contribution in [1.82, 2.24) is 0 Å². The van der Waals surface area contributed by atoms with Crippen LogP contribution in [0.25, 0.3) is 0 Å². The lowest BCUT2D eigenvalue weighted by molar-refractivity contribution is 0.315. The summed E-state index contributed by atoms with van der Waals surface area (Å²) in [6.45, 7) is 3.66. The Morgan fingerprint density at radius 1 is 1.80 bits per heavy atom. The highest BCUT2D eigenvalue weighted by Gasteiger charge is 2.21. The summed E-state index contributed by atoms with van der Waals surface area (Å²) >= 11 is 0. The van der Waals surface area contributed by atoms with Crippen molar-refractivity contribution in [2.24, 2.45) is 11.1 Å². The zero-order valence-corrected chi connectivity index (χ0v) is 6.08. The molecule has 1 aliphatic carbocycles. The maximum Gasteiger partial charge on any atom is 0.0604 e. The fourth-order valence-electron chi connectivity index (χ4n) is 1.49. The van der Waals surface area contributed by atoms with Crippen LogP contribution in [0, 0.1) is 5.92 Å². The van der Waals surface area contributed by atoms with Gasteiger partial charge in [0, 0.05) is 5.92 Å². The van der Waals surface area contributed by atoms with Crippen LogP contribution in [0.2, 0.25) is 0 Å². The van der Waals surface area contributed by atoms with Crippen LogP contribution in [0.3, 0.4) is 0 Å². The molecule has 1 atom stereocenters. The molecule has 56 valence electrons. The molecule has 0 amide bonds. The first-order valence-corrected chi connectivity index (χ1v) is 3.70. The Hall–Kier alpha value is -0.790. The van der Waals surface area contributed by atoms with E-state index in [9.17, 15) is 0 Å². The molecule has 1 aliphatic rings. The minimum Gasteiger partial charge on any atom is -0.411 e. The molecule has 0 spiro atoms. The van der Waals surface area contributed by atoms with Crippen molar-refractivity contribution in [3.8, 4) is 0 Å². The molecule has 1 N–H and O–H groups in total. The molecule has 2 heteroatoms. The molecule has 0 heterocycles. The maximum absolute atomic E-state index is 8.52. The van der Waals surface area contributed by atoms with Crippen LogP contribution < -0.4 is 0 Å². The molecule has 1 saturated carbocycles. The van der Waals surface area contributed by atoms with E-state index < -0.39 is 0 Å². The van der Waals surface area contributed by atoms with Crippen LogP contribution in [0.1, 0.15) is 25.7 Å². The highest BCUT2D eigenvalue weighted by Crippen LogP contribution is 2.25. The Balaban J connectivity index is 2.50. The summed E-state index contributed by atoms with van der Waals surface area (Å²) in [5.74, 6) is 0.475. The number of allylic oxidation sites excluding steroid dienone is 1. The third kappa shape index (κ3) is 1.38. The Kier molecular flexibility index (Phi) is 2.49. The van der Waals surface area contributed by atoms with Gasteiger partial charge in [-0.3, -0.25) is 0 Å². The molecule has 10 heavy (non-hydrogen) atoms. The maximum atomic E-state index is 8.52. The number of nitrogens with zero attached hydrogens (tertiary/aromatic N) is 1. The third-order valence-corrected chi connectivity index (χ3v) is 2.04. The first kappa shape index (κ1) is 7.32. The molecule has 0 radical (unpaired) electrons. The topological polar surface area (TPSA) is 32.6 Å². The molecule has 0 unspecified atom stereocenters. The van der Waals surface area contributed by atoms with Gasteiger partial charge in [-0.15, -0.1) is 6.58 Å². The van der Waals surface area contributed by atoms with Gasteiger partial charge in [-0.2, -0.15) is 0 Å². The minimum absolute atomic E-state index is 0.475. The largest absolute Gasteiger partial charge is 0.411 e. The van der Waals surface area contributed by atoms with E-state index in [1.165, 1.54) is 0 Å². The Bertz CT molecular complexity index is 151. The normalized spacial score (nSPS) is 29.2. The molecule has 2 nitrogen and oxygen atoms in total. The minimum atomic E-state index is 0.475. The van der Waals surface area contributed by atoms with Crippen molar-refractivity contribution >= 4 is 5.71 Å². The second-order valence-electron chi connectivity index (χ2n) is 2.70. The van der Waals surface area contributed by atoms with Gasteiger partial charge in [-0.05, 0) is 25.7 Å². The molecule has 0 aliphatic heterocycles. The number of hydrogen-bond donors (Lipinski definition) is 1. The molecule has 0 aromatic carbocycles. The summed E-state index contributed by atoms with van der Waals surface area (Å²) in [4.78, 5) is 0. The molecule has 0 saturated heterocycles. The van der Waals surface area contributed by atoms with E-state index in [1.807, 2.05) is 6.08 Å². The summed E-state index contributed by atoms with van der Waals surface area (Å²) in [6.07, 6.45) is 6.14. The average Bonchev–Trinajstić information content (AvgIpc) is 2.36. The van der Waals surface area contributed by atoms with Gasteiger partial charge in [-0.25, -0.2) is 0 Å². The Labute approximate surface area is 61.2 Å². The summed E-state index contributed by atoms with van der Waals surface area (Å²) in [6, 6.07) is 0. The third-order valence-electron chi connectivity index (χ3n) is 2.04. The van der Waals surface area contributed by atoms with Crippen LogP contribution in [0.15, 0.2) is 17.8 Å². The second-order valence-corrected chi connectivity index (χ2v) is 2.70. The lowest BCUT2D eigenvalue weighted by Gasteiger charge is -2.03. The SMILES string of the molecule is C=CC[C@@H]1CCC/C1=N\O. The van der Waals surface area contributed by atoms with Crippen LogP contribution in [-0.2, 0) is 0 Å². The van der Waals surface area contributed by atoms with Crippen molar-refractivity contribution in [2.75, 3.05) is 0 Å². The zero-order valence-electron chi connectivity index (χ0n) is 6.08. The molecule has 1 rings (SSSR count). The molecule has 0 aromatic heterocycles. The highest BCUT2D eigenvalue weighted by molar-refractivity contribution is 5.88. The fraction of sp³-hybridized carbons (Fsp3) is 0.625. The lowest BCUT2D eigenvalue weighted by atomic mass is 10.0. The van der Waals surface area contributed by atoms with E-state index in [4.69, 9.17) is 5.21 Å². The van der Waals surface area contributed by atoms with Crippen molar-refractivity contribution in [3.63, 3.8) is 0 Å². The molecular weight excluding hydrogens is 126 g/mol. The van der Waals surface area contributed by atoms with E-state index >= 15 is 0 Å². The number of oxime groups is 1. The molecule has 0 bridgehead atoms. The van der Waals surface area contributed by atoms with Gasteiger partial charge in [0.05, 0.1) is 5.71 Å². The van der Waals surface area contributed by atoms with E-state index in [0.717, 1.165) is 31.4 Å². The zero-order chi connectivity index (χ0) is 7.40. The van der Waals surface area contributed by atoms with Crippen LogP contribution in [-0.4, -0.2) is 10.9 Å². The number of hydrogen-bond acceptors (Lipinski definition) is 2. The van der Waals surface area contributed by atoms with Gasteiger partial charge in [-0.1, -0.05) is 11.2 Å². The van der Waals surface area contributed by atoms with Gasteiger partial charge in [0.25, 0.3) is 0 Å². The van der Waals surface area contributed by atoms with Crippen molar-refractivity contribution in [2.45, 2.75) is 25.7 Å². The van der Waals surface area contributed by atoms with Gasteiger partial charge in [0.1, 0.15) is 0 Å². The van der Waals surface area contributed by atoms with Crippen molar-refractivity contribution in [3.05, 3.63) is 12.7 Å². The van der Waals surface area contributed by atoms with Crippen molar-refractivity contribution < 1.29 is 5.21 Å². The van der Waals surface area contributed by atoms with E-state index in [0.29, 0.717) is 5.92 Å². The highest BCUT2D eigenvalue weighted by atomic mass is 16.4. The van der Waals surface area contributed by atoms with Gasteiger partial charge < -0.3 is 5.21 Å². The van der Waals surface area contributed by atoms with Crippen LogP contribution >= 0.6 is 0 Å². The first-order chi connectivity index (χ1) is 4.88. The summed E-state index contributed by atoms with van der Waals surface area (Å²) in [5, 5.41) is 11.8. The van der Waals surface area contributed by atoms with Gasteiger partial charge >= 0.3 is 0 Å². The molecule has 0 aromatic rings. The molecular formula is C8H13NO. The average molecular weight is 139 g/mol. The van der Waals surface area contributed by atoms with E-state index in [1.54, 1.807) is 0 Å². The number of rotatable bonds is 2. The molecule has 1 fully saturated rings. The summed E-state index contributed by atoms with van der Waals surface area (Å²) in [5.41, 5.74) is 0.958. The Morgan fingerprint density at radius 2 is 2.60 bits per heavy atom. The first-order valence-electron chi connectivity index (χ1n) is 3.70. The second kappa shape index (κ2) is 3.40. The quantitative estimate of drug-likeness (QED) is 0.355. The van der Waals surface area contributed by atoms with Crippen LogP contribution in [0.5, 0.6) is 0 Å². The lowest BCUT2D eigenvalue weighted by Crippen LogP contribution is -2.04. The van der Waals surface area contributed by atoms with Gasteiger partial charge in [0.15, 0.2) is 0 Å². The standard InChI is InChI=1S/C8H13NO/c1-2-4-7-5-3-6-8(7)9-10/h2,7,10H,1,3-6H2/b9-8+/t7-/m1/s1. The monoisotopic (exact) mass is 139 g/mol. The predicted octanol–water partition coefficient (Wildman–Crippen LogP) is 2.19. The summed E-state index contributed by atoms with van der Waals surface area (Å²) in [7, 11) is 0. The summed E-state index contributed by atoms with van der Waals surface area (Å²) < 4.78 is 0. The van der Waals surface area contributed by atoms with Gasteiger partial charge in [0.2, 0.25) is 0 Å².